The number of alkyl carbamates (subject to hydrolysis) is 4. The molecule has 6 amide bonds. The molecule has 0 aromatic heterocycles. The normalized spacial score (nSPS) is 22.4. The fourth-order valence-corrected chi connectivity index (χ4v) is 12.3. The zero-order chi connectivity index (χ0) is 62.2. The van der Waals surface area contributed by atoms with Gasteiger partial charge in [0.25, 0.3) is 0 Å². The molecule has 0 aromatic carbocycles. The molecule has 6 N–H and O–H groups in total. The van der Waals surface area contributed by atoms with Crippen LogP contribution in [0.3, 0.4) is 0 Å². The first-order valence-corrected chi connectivity index (χ1v) is 30.9. The SMILES string of the molecule is C=C(C)C(=O)OCCNC(=O)OCCCC(C)CCCOC(=O)NCC1(C)CC(NC(=O)CC(C)CCCC)CC(C)(CC(CCC(C)CCCOC(=O)NCC2(C)CC(NC(=O)CC)CC(C)(C)C2)OC(=O)NCCOC(=O)C(=C)C)C1. The number of unbranched alkanes of at least 4 members (excludes halogenated alkanes) is 1. The molecule has 2 aliphatic rings. The summed E-state index contributed by atoms with van der Waals surface area (Å²) in [5.74, 6) is -0.324. The van der Waals surface area contributed by atoms with Crippen LogP contribution in [-0.4, -0.2) is 126 Å². The molecule has 2 fully saturated rings. The third kappa shape index (κ3) is 32.9. The van der Waals surface area contributed by atoms with Gasteiger partial charge in [0.05, 0.1) is 32.9 Å². The predicted octanol–water partition coefficient (Wildman–Crippen LogP) is 11.3. The topological polar surface area (TPSA) is 264 Å². The molecular weight excluding hydrogens is 1060 g/mol. The Labute approximate surface area is 497 Å². The summed E-state index contributed by atoms with van der Waals surface area (Å²) in [6, 6.07) is -0.161. The van der Waals surface area contributed by atoms with E-state index in [1.165, 1.54) is 0 Å². The summed E-state index contributed by atoms with van der Waals surface area (Å²) < 4.78 is 32.8. The van der Waals surface area contributed by atoms with Gasteiger partial charge in [0.1, 0.15) is 19.3 Å². The van der Waals surface area contributed by atoms with Crippen molar-refractivity contribution in [3.8, 4) is 0 Å². The molecule has 0 saturated heterocycles. The van der Waals surface area contributed by atoms with Gasteiger partial charge in [0.2, 0.25) is 11.8 Å². The molecule has 2 saturated carbocycles. The minimum Gasteiger partial charge on any atom is -0.460 e. The monoisotopic (exact) mass is 1170 g/mol. The van der Waals surface area contributed by atoms with Gasteiger partial charge in [0.15, 0.2) is 0 Å². The van der Waals surface area contributed by atoms with Gasteiger partial charge < -0.3 is 60.3 Å². The maximum atomic E-state index is 13.6. The largest absolute Gasteiger partial charge is 0.460 e. The molecule has 20 nitrogen and oxygen atoms in total. The van der Waals surface area contributed by atoms with Gasteiger partial charge in [-0.1, -0.05) is 102 Å². The number of nitrogens with one attached hydrogen (secondary N) is 6. The van der Waals surface area contributed by atoms with Crippen LogP contribution in [0.15, 0.2) is 24.3 Å². The minimum atomic E-state index is -0.640. The highest BCUT2D eigenvalue weighted by molar-refractivity contribution is 5.87. The summed E-state index contributed by atoms with van der Waals surface area (Å²) in [7, 11) is 0. The molecule has 2 aliphatic carbocycles. The Morgan fingerprint density at radius 1 is 0.494 bits per heavy atom. The molecule has 0 aliphatic heterocycles. The fourth-order valence-electron chi connectivity index (χ4n) is 12.3. The van der Waals surface area contributed by atoms with E-state index in [0.29, 0.717) is 89.6 Å². The van der Waals surface area contributed by atoms with Gasteiger partial charge in [-0.2, -0.15) is 0 Å². The highest BCUT2D eigenvalue weighted by atomic mass is 16.6. The van der Waals surface area contributed by atoms with Crippen LogP contribution in [0.5, 0.6) is 0 Å². The van der Waals surface area contributed by atoms with Gasteiger partial charge >= 0.3 is 36.3 Å². The summed E-state index contributed by atoms with van der Waals surface area (Å²) >= 11 is 0. The third-order valence-electron chi connectivity index (χ3n) is 15.8. The van der Waals surface area contributed by atoms with Gasteiger partial charge in [-0.05, 0) is 150 Å². The van der Waals surface area contributed by atoms with Crippen LogP contribution in [0.2, 0.25) is 0 Å². The average molecular weight is 1180 g/mol. The summed E-state index contributed by atoms with van der Waals surface area (Å²) in [5.41, 5.74) is -0.578. The van der Waals surface area contributed by atoms with E-state index >= 15 is 0 Å². The van der Waals surface area contributed by atoms with Crippen molar-refractivity contribution in [3.05, 3.63) is 24.3 Å². The molecule has 83 heavy (non-hydrogen) atoms. The van der Waals surface area contributed by atoms with Crippen molar-refractivity contribution in [2.45, 2.75) is 230 Å². The third-order valence-corrected chi connectivity index (χ3v) is 15.8. The van der Waals surface area contributed by atoms with Crippen molar-refractivity contribution in [1.29, 1.82) is 0 Å². The highest BCUT2D eigenvalue weighted by Gasteiger charge is 2.46. The second kappa shape index (κ2) is 37.7. The Bertz CT molecular complexity index is 2090. The second-order valence-corrected chi connectivity index (χ2v) is 26.3. The van der Waals surface area contributed by atoms with E-state index < -0.39 is 53.2 Å². The van der Waals surface area contributed by atoms with Crippen molar-refractivity contribution in [1.82, 2.24) is 31.9 Å². The van der Waals surface area contributed by atoms with Crippen molar-refractivity contribution in [2.24, 2.45) is 39.4 Å². The number of amides is 6. The second-order valence-electron chi connectivity index (χ2n) is 26.3. The number of hydrogen-bond donors (Lipinski definition) is 6. The number of esters is 2. The molecule has 2 rings (SSSR count). The van der Waals surface area contributed by atoms with E-state index in [1.807, 2.05) is 6.92 Å². The summed E-state index contributed by atoms with van der Waals surface area (Å²) in [5, 5.41) is 17.8. The molecule has 0 radical (unpaired) electrons. The maximum absolute atomic E-state index is 13.6. The average Bonchev–Trinajstić information content (AvgIpc) is 3.45. The number of carbonyl (C=O) groups is 8. The molecule has 0 bridgehead atoms. The zero-order valence-corrected chi connectivity index (χ0v) is 53.1. The van der Waals surface area contributed by atoms with Gasteiger partial charge in [-0.15, -0.1) is 0 Å². The number of hydrogen-bond acceptors (Lipinski definition) is 14. The lowest BCUT2D eigenvalue weighted by molar-refractivity contribution is -0.139. The molecular formula is C63H110N6O14. The highest BCUT2D eigenvalue weighted by Crippen LogP contribution is 2.50. The van der Waals surface area contributed by atoms with E-state index in [-0.39, 0.29) is 104 Å². The number of rotatable bonds is 38. The Morgan fingerprint density at radius 3 is 1.42 bits per heavy atom. The molecule has 0 heterocycles. The lowest BCUT2D eigenvalue weighted by atomic mass is 9.60. The van der Waals surface area contributed by atoms with Crippen LogP contribution in [0.25, 0.3) is 0 Å². The van der Waals surface area contributed by atoms with E-state index in [2.05, 4.69) is 107 Å². The van der Waals surface area contributed by atoms with Crippen LogP contribution < -0.4 is 31.9 Å². The summed E-state index contributed by atoms with van der Waals surface area (Å²) in [6.45, 7) is 33.0. The van der Waals surface area contributed by atoms with Gasteiger partial charge in [-0.25, -0.2) is 28.8 Å². The minimum absolute atomic E-state index is 0.00673. The maximum Gasteiger partial charge on any atom is 0.407 e. The molecule has 476 valence electrons. The van der Waals surface area contributed by atoms with E-state index in [0.717, 1.165) is 57.8 Å². The quantitative estimate of drug-likeness (QED) is 0.0145. The van der Waals surface area contributed by atoms with Gasteiger partial charge in [-0.3, -0.25) is 9.59 Å². The van der Waals surface area contributed by atoms with Crippen molar-refractivity contribution in [2.75, 3.05) is 59.2 Å². The number of ether oxygens (including phenoxy) is 6. The lowest BCUT2D eigenvalue weighted by Crippen LogP contribution is -2.52. The fraction of sp³-hybridized carbons (Fsp3) is 0.810. The number of carbonyl (C=O) groups excluding carboxylic acids is 8. The van der Waals surface area contributed by atoms with E-state index in [9.17, 15) is 38.4 Å². The van der Waals surface area contributed by atoms with Gasteiger partial charge in [0, 0.05) is 49.2 Å². The molecule has 9 atom stereocenters. The molecule has 9 unspecified atom stereocenters. The first-order chi connectivity index (χ1) is 39.0. The van der Waals surface area contributed by atoms with Crippen LogP contribution in [0.1, 0.15) is 212 Å². The zero-order valence-electron chi connectivity index (χ0n) is 53.1. The summed E-state index contributed by atoms with van der Waals surface area (Å²) in [6.07, 6.45) is 11.7. The lowest BCUT2D eigenvalue weighted by Gasteiger charge is -2.49. The molecule has 20 heteroatoms. The van der Waals surface area contributed by atoms with E-state index in [1.54, 1.807) is 13.8 Å². The van der Waals surface area contributed by atoms with Crippen molar-refractivity contribution >= 4 is 48.1 Å². The Hall–Kier alpha value is -5.56. The summed E-state index contributed by atoms with van der Waals surface area (Å²) in [4.78, 5) is 101. The van der Waals surface area contributed by atoms with Crippen LogP contribution in [0.4, 0.5) is 19.2 Å². The molecule has 0 aromatic rings. The van der Waals surface area contributed by atoms with Crippen molar-refractivity contribution in [3.63, 3.8) is 0 Å². The predicted molar refractivity (Wildman–Crippen MR) is 321 cm³/mol. The standard InChI is InChI=1S/C63H110N6O14/c1-15-17-21-48(9)34-53(71)69-50-36-61(12,41-63(14,38-50)43-67-58(76)81-30-19-23-46(7)22-18-29-80-56(74)64-27-32-78-54(72)44(3)4)39-51(83-59(77)65-28-33-79-55(73)45(5)6)26-25-47(8)24-20-31-82-57(75)66-42-62(13)37-49(68-52(70)16-2)35-60(10,11)40-62/h46-51H,3,5,15-43H2,1-2,4,6-14H3,(H,64,74)(H,65,77)(H,66,75)(H,67,76)(H,68,70)(H,69,71). The Kier molecular flexibility index (Phi) is 33.4. The van der Waals surface area contributed by atoms with E-state index in [4.69, 9.17) is 28.4 Å². The Balaban J connectivity index is 2.08. The molecule has 0 spiro atoms. The first kappa shape index (κ1) is 73.5. The van der Waals surface area contributed by atoms with Crippen LogP contribution >= 0.6 is 0 Å². The first-order valence-electron chi connectivity index (χ1n) is 30.9. The van der Waals surface area contributed by atoms with Crippen molar-refractivity contribution < 1.29 is 66.8 Å². The Morgan fingerprint density at radius 2 is 0.928 bits per heavy atom. The van der Waals surface area contributed by atoms with Crippen LogP contribution in [-0.2, 0) is 47.6 Å². The smallest absolute Gasteiger partial charge is 0.407 e. The van der Waals surface area contributed by atoms with Crippen LogP contribution in [0, 0.1) is 39.4 Å².